The molecule has 0 saturated heterocycles. The van der Waals surface area contributed by atoms with Crippen LogP contribution in [-0.4, -0.2) is 66.2 Å². The van der Waals surface area contributed by atoms with E-state index in [9.17, 15) is 9.59 Å². The zero-order valence-corrected chi connectivity index (χ0v) is 18.8. The molecule has 0 bridgehead atoms. The number of carbonyl (C=O) groups is 2. The van der Waals surface area contributed by atoms with Crippen molar-refractivity contribution < 1.29 is 14.3 Å². The topological polar surface area (TPSA) is 54.8 Å². The minimum Gasteiger partial charge on any atom is -0.452 e. The Labute approximate surface area is 179 Å². The van der Waals surface area contributed by atoms with Crippen molar-refractivity contribution in [1.29, 1.82) is 0 Å². The molecule has 2 aromatic rings. The third-order valence-electron chi connectivity index (χ3n) is 6.24. The number of ether oxygens (including phenoxy) is 1. The van der Waals surface area contributed by atoms with Crippen molar-refractivity contribution in [3.63, 3.8) is 0 Å². The van der Waals surface area contributed by atoms with Gasteiger partial charge >= 0.3 is 6.09 Å². The summed E-state index contributed by atoms with van der Waals surface area (Å²) in [6.07, 6.45) is 2.53. The van der Waals surface area contributed by atoms with Crippen LogP contribution in [-0.2, 0) is 16.0 Å². The van der Waals surface area contributed by atoms with Gasteiger partial charge in [-0.1, -0.05) is 18.2 Å². The number of amides is 1. The predicted molar refractivity (Wildman–Crippen MR) is 117 cm³/mol. The van der Waals surface area contributed by atoms with Crippen LogP contribution in [0, 0.1) is 5.92 Å². The first-order valence-electron chi connectivity index (χ1n) is 10.0. The number of hydrogen-bond donors (Lipinski definition) is 0. The highest BCUT2D eigenvalue weighted by molar-refractivity contribution is 9.10. The van der Waals surface area contributed by atoms with Crippen LogP contribution >= 0.6 is 15.9 Å². The summed E-state index contributed by atoms with van der Waals surface area (Å²) in [5.41, 5.74) is 4.22. The smallest absolute Gasteiger partial charge is 0.419 e. The average molecular weight is 460 g/mol. The van der Waals surface area contributed by atoms with Gasteiger partial charge in [-0.2, -0.15) is 0 Å². The lowest BCUT2D eigenvalue weighted by molar-refractivity contribution is -0.134. The van der Waals surface area contributed by atoms with Gasteiger partial charge in [0.05, 0.1) is 23.1 Å². The van der Waals surface area contributed by atoms with Crippen LogP contribution in [0.1, 0.15) is 25.0 Å². The van der Waals surface area contributed by atoms with Crippen molar-refractivity contribution >= 4 is 44.4 Å². The largest absolute Gasteiger partial charge is 0.452 e. The number of fused-ring (bicyclic) bond motifs is 2. The summed E-state index contributed by atoms with van der Waals surface area (Å²) < 4.78 is 7.34. The third kappa shape index (κ3) is 3.02. The van der Waals surface area contributed by atoms with Crippen molar-refractivity contribution in [2.45, 2.75) is 26.3 Å². The molecule has 7 heteroatoms. The number of aromatic nitrogens is 1. The van der Waals surface area contributed by atoms with Crippen LogP contribution in [0.15, 0.2) is 28.9 Å². The summed E-state index contributed by atoms with van der Waals surface area (Å²) in [7, 11) is 3.47. The Balaban J connectivity index is 1.88. The molecule has 2 heterocycles. The summed E-state index contributed by atoms with van der Waals surface area (Å²) in [4.78, 5) is 29.6. The van der Waals surface area contributed by atoms with E-state index in [4.69, 9.17) is 4.74 Å². The van der Waals surface area contributed by atoms with E-state index in [1.54, 1.807) is 4.57 Å². The average Bonchev–Trinajstić information content (AvgIpc) is 3.01. The van der Waals surface area contributed by atoms with Crippen molar-refractivity contribution in [3.8, 4) is 0 Å². The first-order valence-corrected chi connectivity index (χ1v) is 10.8. The van der Waals surface area contributed by atoms with E-state index in [0.717, 1.165) is 46.1 Å². The van der Waals surface area contributed by atoms with Gasteiger partial charge in [-0.3, -0.25) is 9.69 Å². The SMILES string of the molecule is CCN(CC)C(=O)[C@@H]1C=C2c3cccc4c3c(c(Br)n4C(=O)OC)C[C@H]2N(C)C1. The molecule has 6 nitrogen and oxygen atoms in total. The number of nitrogens with zero attached hydrogens (tertiary/aromatic N) is 3. The van der Waals surface area contributed by atoms with E-state index >= 15 is 0 Å². The van der Waals surface area contributed by atoms with Crippen LogP contribution in [0.2, 0.25) is 0 Å². The number of carbonyl (C=O) groups excluding carboxylic acids is 2. The first-order chi connectivity index (χ1) is 13.9. The first kappa shape index (κ1) is 20.2. The molecule has 1 aromatic carbocycles. The molecule has 0 unspecified atom stereocenters. The van der Waals surface area contributed by atoms with Crippen LogP contribution in [0.5, 0.6) is 0 Å². The third-order valence-corrected chi connectivity index (χ3v) is 7.08. The molecule has 1 amide bonds. The second kappa shape index (κ2) is 7.61. The number of hydrogen-bond acceptors (Lipinski definition) is 4. The maximum absolute atomic E-state index is 13.0. The zero-order chi connectivity index (χ0) is 20.9. The van der Waals surface area contributed by atoms with Crippen LogP contribution in [0.4, 0.5) is 4.79 Å². The van der Waals surface area contributed by atoms with Crippen LogP contribution < -0.4 is 0 Å². The van der Waals surface area contributed by atoms with Gasteiger partial charge in [0.1, 0.15) is 0 Å². The highest BCUT2D eigenvalue weighted by Crippen LogP contribution is 2.44. The molecule has 2 atom stereocenters. The number of methoxy groups -OCH3 is 1. The lowest BCUT2D eigenvalue weighted by Gasteiger charge is -2.40. The van der Waals surface area contributed by atoms with Gasteiger partial charge in [-0.05, 0) is 66.0 Å². The summed E-state index contributed by atoms with van der Waals surface area (Å²) in [5.74, 6) is 0.0215. The monoisotopic (exact) mass is 459 g/mol. The van der Waals surface area contributed by atoms with Gasteiger partial charge in [0.2, 0.25) is 5.91 Å². The molecule has 1 aromatic heterocycles. The van der Waals surface area contributed by atoms with E-state index in [-0.39, 0.29) is 17.9 Å². The Bertz CT molecular complexity index is 1020. The fourth-order valence-electron chi connectivity index (χ4n) is 4.79. The van der Waals surface area contributed by atoms with Crippen LogP contribution in [0.25, 0.3) is 16.5 Å². The molecule has 1 aliphatic heterocycles. The predicted octanol–water partition coefficient (Wildman–Crippen LogP) is 3.76. The number of benzene rings is 1. The van der Waals surface area contributed by atoms with E-state index < -0.39 is 6.09 Å². The highest BCUT2D eigenvalue weighted by atomic mass is 79.9. The summed E-state index contributed by atoms with van der Waals surface area (Å²) >= 11 is 3.64. The van der Waals surface area contributed by atoms with Crippen molar-refractivity contribution in [1.82, 2.24) is 14.4 Å². The molecule has 29 heavy (non-hydrogen) atoms. The van der Waals surface area contributed by atoms with Gasteiger partial charge in [0.15, 0.2) is 0 Å². The second-order valence-electron chi connectivity index (χ2n) is 7.67. The molecule has 2 aliphatic rings. The van der Waals surface area contributed by atoms with E-state index in [0.29, 0.717) is 6.54 Å². The fourth-order valence-corrected chi connectivity index (χ4v) is 5.48. The summed E-state index contributed by atoms with van der Waals surface area (Å²) in [5, 5.41) is 1.07. The van der Waals surface area contributed by atoms with Gasteiger partial charge in [0.25, 0.3) is 0 Å². The molecule has 0 spiro atoms. The molecular formula is C22H26BrN3O3. The Morgan fingerprint density at radius 2 is 2.00 bits per heavy atom. The molecule has 0 saturated carbocycles. The van der Waals surface area contributed by atoms with Crippen molar-refractivity contribution in [3.05, 3.63) is 40.0 Å². The maximum atomic E-state index is 13.0. The van der Waals surface area contributed by atoms with Crippen molar-refractivity contribution in [2.75, 3.05) is 33.8 Å². The van der Waals surface area contributed by atoms with Gasteiger partial charge in [0, 0.05) is 31.1 Å². The van der Waals surface area contributed by atoms with Gasteiger partial charge < -0.3 is 9.64 Å². The number of rotatable bonds is 3. The summed E-state index contributed by atoms with van der Waals surface area (Å²) in [6.45, 7) is 6.17. The minimum atomic E-state index is -0.410. The Hall–Kier alpha value is -2.12. The summed E-state index contributed by atoms with van der Waals surface area (Å²) in [6, 6.07) is 6.18. The Morgan fingerprint density at radius 1 is 1.28 bits per heavy atom. The number of halogens is 1. The van der Waals surface area contributed by atoms with Crippen molar-refractivity contribution in [2.24, 2.45) is 5.92 Å². The van der Waals surface area contributed by atoms with Crippen LogP contribution in [0.3, 0.4) is 0 Å². The highest BCUT2D eigenvalue weighted by Gasteiger charge is 2.38. The fraction of sp³-hybridized carbons (Fsp3) is 0.455. The van der Waals surface area contributed by atoms with Gasteiger partial charge in [-0.25, -0.2) is 9.36 Å². The number of likely N-dealkylation sites (N-methyl/N-ethyl adjacent to an activating group) is 1. The van der Waals surface area contributed by atoms with Gasteiger partial charge in [-0.15, -0.1) is 0 Å². The second-order valence-corrected chi connectivity index (χ2v) is 8.42. The minimum absolute atomic E-state index is 0.158. The standard InChI is InChI=1S/C22H26BrN3O3/c1-5-25(6-2)21(27)13-10-15-14-8-7-9-17-19(14)16(11-18(15)24(3)12-13)20(23)26(17)22(28)29-4/h7-10,13,18H,5-6,11-12H2,1-4H3/t13-,18-/m1/s1. The lowest BCUT2D eigenvalue weighted by Crippen LogP contribution is -2.47. The molecule has 1 aliphatic carbocycles. The lowest BCUT2D eigenvalue weighted by atomic mass is 9.79. The molecule has 0 radical (unpaired) electrons. The molecule has 0 fully saturated rings. The van der Waals surface area contributed by atoms with E-state index in [1.807, 2.05) is 30.9 Å². The molecule has 4 rings (SSSR count). The van der Waals surface area contributed by atoms with E-state index in [2.05, 4.69) is 40.0 Å². The Kier molecular flexibility index (Phi) is 5.29. The quantitative estimate of drug-likeness (QED) is 0.700. The maximum Gasteiger partial charge on any atom is 0.419 e. The molecule has 0 N–H and O–H groups in total. The molecule has 154 valence electrons. The molecular weight excluding hydrogens is 434 g/mol. The normalized spacial score (nSPS) is 20.9. The zero-order valence-electron chi connectivity index (χ0n) is 17.2. The Morgan fingerprint density at radius 3 is 2.66 bits per heavy atom. The van der Waals surface area contributed by atoms with E-state index in [1.165, 1.54) is 12.7 Å².